The summed E-state index contributed by atoms with van der Waals surface area (Å²) in [6, 6.07) is 5.66. The number of halogens is 1. The van der Waals surface area contributed by atoms with E-state index in [-0.39, 0.29) is 0 Å². The van der Waals surface area contributed by atoms with Gasteiger partial charge in [-0.2, -0.15) is 5.10 Å². The van der Waals surface area contributed by atoms with Crippen LogP contribution < -0.4 is 4.74 Å². The molecular weight excluding hydrogens is 308 g/mol. The fourth-order valence-electron chi connectivity index (χ4n) is 2.17. The lowest BCUT2D eigenvalue weighted by Gasteiger charge is -2.17. The quantitative estimate of drug-likeness (QED) is 0.942. The van der Waals surface area contributed by atoms with Crippen LogP contribution in [-0.4, -0.2) is 22.0 Å². The second-order valence-electron chi connectivity index (χ2n) is 4.47. The number of hydrogen-bond acceptors (Lipinski definition) is 3. The molecule has 4 nitrogen and oxygen atoms in total. The third-order valence-electron chi connectivity index (χ3n) is 3.11. The van der Waals surface area contributed by atoms with E-state index < -0.39 is 6.10 Å². The van der Waals surface area contributed by atoms with E-state index in [4.69, 9.17) is 4.74 Å². The van der Waals surface area contributed by atoms with Gasteiger partial charge >= 0.3 is 0 Å². The third kappa shape index (κ3) is 2.40. The fourth-order valence-corrected chi connectivity index (χ4v) is 2.42. The standard InChI is InChI=1S/C14H17BrN2O2/c1-8-14(15)9(2)17(16-8)11-6-5-7-12(19-4)13(11)10(3)18/h5-7,10,18H,1-4H3. The van der Waals surface area contributed by atoms with E-state index in [0.29, 0.717) is 5.75 Å². The molecule has 0 bridgehead atoms. The van der Waals surface area contributed by atoms with E-state index in [2.05, 4.69) is 21.0 Å². The SMILES string of the molecule is COc1cccc(-n2nc(C)c(Br)c2C)c1C(C)O. The van der Waals surface area contributed by atoms with Gasteiger partial charge in [0.2, 0.25) is 0 Å². The summed E-state index contributed by atoms with van der Waals surface area (Å²) in [6.45, 7) is 5.65. The Balaban J connectivity index is 2.71. The zero-order valence-corrected chi connectivity index (χ0v) is 13.0. The molecule has 0 aliphatic carbocycles. The molecule has 19 heavy (non-hydrogen) atoms. The second-order valence-corrected chi connectivity index (χ2v) is 5.26. The number of benzene rings is 1. The van der Waals surface area contributed by atoms with Gasteiger partial charge in [-0.25, -0.2) is 4.68 Å². The third-order valence-corrected chi connectivity index (χ3v) is 4.26. The number of nitrogens with zero attached hydrogens (tertiary/aromatic N) is 2. The largest absolute Gasteiger partial charge is 0.496 e. The zero-order valence-electron chi connectivity index (χ0n) is 11.4. The van der Waals surface area contributed by atoms with Crippen LogP contribution in [0.4, 0.5) is 0 Å². The van der Waals surface area contributed by atoms with Gasteiger partial charge in [-0.15, -0.1) is 0 Å². The van der Waals surface area contributed by atoms with Gasteiger partial charge in [0.05, 0.1) is 34.8 Å². The lowest BCUT2D eigenvalue weighted by molar-refractivity contribution is 0.194. The van der Waals surface area contributed by atoms with Crippen molar-refractivity contribution in [3.8, 4) is 11.4 Å². The van der Waals surface area contributed by atoms with Crippen LogP contribution in [0.1, 0.15) is 30.0 Å². The molecular formula is C14H17BrN2O2. The van der Waals surface area contributed by atoms with Gasteiger partial charge in [0.15, 0.2) is 0 Å². The average molecular weight is 325 g/mol. The van der Waals surface area contributed by atoms with Crippen molar-refractivity contribution in [2.75, 3.05) is 7.11 Å². The van der Waals surface area contributed by atoms with Crippen molar-refractivity contribution in [1.29, 1.82) is 0 Å². The highest BCUT2D eigenvalue weighted by atomic mass is 79.9. The highest BCUT2D eigenvalue weighted by Gasteiger charge is 2.19. The number of aryl methyl sites for hydroxylation is 1. The van der Waals surface area contributed by atoms with Crippen LogP contribution in [0.3, 0.4) is 0 Å². The van der Waals surface area contributed by atoms with Gasteiger partial charge in [-0.3, -0.25) is 0 Å². The number of rotatable bonds is 3. The highest BCUT2D eigenvalue weighted by molar-refractivity contribution is 9.10. The Kier molecular flexibility index (Phi) is 3.96. The average Bonchev–Trinajstić information content (AvgIpc) is 2.65. The summed E-state index contributed by atoms with van der Waals surface area (Å²) in [5, 5.41) is 14.5. The van der Waals surface area contributed by atoms with Crippen molar-refractivity contribution < 1.29 is 9.84 Å². The van der Waals surface area contributed by atoms with Crippen molar-refractivity contribution in [1.82, 2.24) is 9.78 Å². The molecule has 0 spiro atoms. The van der Waals surface area contributed by atoms with Crippen molar-refractivity contribution >= 4 is 15.9 Å². The zero-order chi connectivity index (χ0) is 14.2. The lowest BCUT2D eigenvalue weighted by Crippen LogP contribution is -2.07. The molecule has 0 amide bonds. The summed E-state index contributed by atoms with van der Waals surface area (Å²) < 4.78 is 8.13. The number of aromatic nitrogens is 2. The Morgan fingerprint density at radius 2 is 2.05 bits per heavy atom. The van der Waals surface area contributed by atoms with E-state index in [0.717, 1.165) is 27.1 Å². The summed E-state index contributed by atoms with van der Waals surface area (Å²) in [5.41, 5.74) is 3.48. The lowest BCUT2D eigenvalue weighted by atomic mass is 10.1. The fraction of sp³-hybridized carbons (Fsp3) is 0.357. The molecule has 1 unspecified atom stereocenters. The second kappa shape index (κ2) is 5.35. The molecule has 0 fully saturated rings. The van der Waals surface area contributed by atoms with E-state index in [1.807, 2.05) is 36.7 Å². The van der Waals surface area contributed by atoms with Crippen molar-refractivity contribution in [2.24, 2.45) is 0 Å². The summed E-state index contributed by atoms with van der Waals surface area (Å²) in [7, 11) is 1.60. The van der Waals surface area contributed by atoms with Crippen molar-refractivity contribution in [2.45, 2.75) is 26.9 Å². The van der Waals surface area contributed by atoms with Crippen LogP contribution in [0.2, 0.25) is 0 Å². The molecule has 5 heteroatoms. The van der Waals surface area contributed by atoms with Gasteiger partial charge < -0.3 is 9.84 Å². The molecule has 1 N–H and O–H groups in total. The predicted octanol–water partition coefficient (Wildman–Crippen LogP) is 3.31. The molecule has 2 rings (SSSR count). The normalized spacial score (nSPS) is 12.5. The van der Waals surface area contributed by atoms with Crippen LogP contribution in [0, 0.1) is 13.8 Å². The smallest absolute Gasteiger partial charge is 0.126 e. The molecule has 0 saturated heterocycles. The topological polar surface area (TPSA) is 47.3 Å². The van der Waals surface area contributed by atoms with Gasteiger partial charge in [0.25, 0.3) is 0 Å². The van der Waals surface area contributed by atoms with Crippen LogP contribution in [0.5, 0.6) is 5.75 Å². The molecule has 102 valence electrons. The number of aliphatic hydroxyl groups excluding tert-OH is 1. The first kappa shape index (κ1) is 14.1. The predicted molar refractivity (Wildman–Crippen MR) is 77.9 cm³/mol. The summed E-state index contributed by atoms with van der Waals surface area (Å²) in [5.74, 6) is 0.663. The Morgan fingerprint density at radius 1 is 1.37 bits per heavy atom. The van der Waals surface area contributed by atoms with Crippen LogP contribution in [-0.2, 0) is 0 Å². The van der Waals surface area contributed by atoms with Gasteiger partial charge in [0.1, 0.15) is 5.75 Å². The first-order valence-electron chi connectivity index (χ1n) is 6.04. The molecule has 0 radical (unpaired) electrons. The minimum Gasteiger partial charge on any atom is -0.496 e. The monoisotopic (exact) mass is 324 g/mol. The van der Waals surface area contributed by atoms with Gasteiger partial charge in [-0.05, 0) is 48.8 Å². The number of methoxy groups -OCH3 is 1. The first-order chi connectivity index (χ1) is 8.97. The Hall–Kier alpha value is -1.33. The van der Waals surface area contributed by atoms with E-state index in [1.165, 1.54) is 0 Å². The molecule has 1 aromatic heterocycles. The molecule has 1 atom stereocenters. The van der Waals surface area contributed by atoms with Crippen LogP contribution in [0.15, 0.2) is 22.7 Å². The highest BCUT2D eigenvalue weighted by Crippen LogP contribution is 2.33. The number of aliphatic hydroxyl groups is 1. The van der Waals surface area contributed by atoms with E-state index >= 15 is 0 Å². The minimum absolute atomic E-state index is 0.631. The van der Waals surface area contributed by atoms with Crippen molar-refractivity contribution in [3.63, 3.8) is 0 Å². The molecule has 1 aromatic carbocycles. The van der Waals surface area contributed by atoms with E-state index in [1.54, 1.807) is 14.0 Å². The van der Waals surface area contributed by atoms with E-state index in [9.17, 15) is 5.11 Å². The Labute approximate surface area is 121 Å². The van der Waals surface area contributed by atoms with Gasteiger partial charge in [0, 0.05) is 5.56 Å². The maximum atomic E-state index is 10.0. The Morgan fingerprint density at radius 3 is 2.53 bits per heavy atom. The van der Waals surface area contributed by atoms with Crippen molar-refractivity contribution in [3.05, 3.63) is 39.6 Å². The first-order valence-corrected chi connectivity index (χ1v) is 6.83. The molecule has 0 aliphatic heterocycles. The molecule has 2 aromatic rings. The van der Waals surface area contributed by atoms with Gasteiger partial charge in [-0.1, -0.05) is 6.07 Å². The molecule has 0 aliphatic rings. The maximum Gasteiger partial charge on any atom is 0.126 e. The molecule has 1 heterocycles. The summed E-state index contributed by atoms with van der Waals surface area (Å²) in [4.78, 5) is 0. The van der Waals surface area contributed by atoms with Crippen LogP contribution in [0.25, 0.3) is 5.69 Å². The summed E-state index contributed by atoms with van der Waals surface area (Å²) >= 11 is 3.52. The van der Waals surface area contributed by atoms with Crippen LogP contribution >= 0.6 is 15.9 Å². The summed E-state index contributed by atoms with van der Waals surface area (Å²) in [6.07, 6.45) is -0.631. The minimum atomic E-state index is -0.631. The Bertz CT molecular complexity index is 606. The molecule has 0 saturated carbocycles. The number of hydrogen-bond donors (Lipinski definition) is 1. The maximum absolute atomic E-state index is 10.0. The number of ether oxygens (including phenoxy) is 1.